The Bertz CT molecular complexity index is 929. The number of nitrogens with one attached hydrogen (secondary N) is 1. The highest BCUT2D eigenvalue weighted by Crippen LogP contribution is 2.30. The van der Waals surface area contributed by atoms with Crippen LogP contribution in [0.3, 0.4) is 0 Å². The molecule has 0 aliphatic rings. The zero-order chi connectivity index (χ0) is 16.5. The van der Waals surface area contributed by atoms with Gasteiger partial charge >= 0.3 is 0 Å². The van der Waals surface area contributed by atoms with Crippen LogP contribution in [0.2, 0.25) is 0 Å². The van der Waals surface area contributed by atoms with Crippen molar-refractivity contribution in [3.63, 3.8) is 0 Å². The Morgan fingerprint density at radius 3 is 2.27 bits per heavy atom. The first-order chi connectivity index (χ1) is 10.1. The highest BCUT2D eigenvalue weighted by Gasteiger charge is 2.23. The van der Waals surface area contributed by atoms with Gasteiger partial charge in [-0.15, -0.1) is 11.3 Å². The molecule has 2 rings (SSSR count). The van der Waals surface area contributed by atoms with Gasteiger partial charge in [0, 0.05) is 12.6 Å². The number of primary sulfonamides is 1. The van der Waals surface area contributed by atoms with Crippen molar-refractivity contribution in [1.82, 2.24) is 0 Å². The molecule has 1 amide bonds. The molecule has 1 aromatic heterocycles. The number of benzene rings is 1. The SMILES string of the molecule is CC(=O)Nc1cccc(S(=O)(=O)c2ccc(S(N)(=O)=O)s2)c1. The summed E-state index contributed by atoms with van der Waals surface area (Å²) in [4.78, 5) is 11.0. The van der Waals surface area contributed by atoms with Crippen molar-refractivity contribution in [2.75, 3.05) is 5.32 Å². The van der Waals surface area contributed by atoms with E-state index >= 15 is 0 Å². The molecule has 1 heterocycles. The van der Waals surface area contributed by atoms with Crippen LogP contribution in [0.15, 0.2) is 49.7 Å². The second-order valence-electron chi connectivity index (χ2n) is 4.33. The number of sulfonamides is 1. The van der Waals surface area contributed by atoms with Crippen LogP contribution in [0.5, 0.6) is 0 Å². The first-order valence-electron chi connectivity index (χ1n) is 5.86. The van der Waals surface area contributed by atoms with E-state index in [9.17, 15) is 21.6 Å². The molecule has 0 unspecified atom stereocenters. The van der Waals surface area contributed by atoms with E-state index in [2.05, 4.69) is 5.32 Å². The van der Waals surface area contributed by atoms with Crippen molar-refractivity contribution >= 4 is 42.8 Å². The van der Waals surface area contributed by atoms with Crippen LogP contribution in [0, 0.1) is 0 Å². The minimum Gasteiger partial charge on any atom is -0.326 e. The minimum absolute atomic E-state index is 0.0541. The number of hydrogen-bond acceptors (Lipinski definition) is 6. The zero-order valence-electron chi connectivity index (χ0n) is 11.3. The van der Waals surface area contributed by atoms with Crippen LogP contribution in [-0.2, 0) is 24.7 Å². The van der Waals surface area contributed by atoms with Crippen LogP contribution in [0.25, 0.3) is 0 Å². The molecule has 0 bridgehead atoms. The van der Waals surface area contributed by atoms with Gasteiger partial charge in [0.1, 0.15) is 8.42 Å². The van der Waals surface area contributed by atoms with Crippen molar-refractivity contribution in [2.45, 2.75) is 20.2 Å². The molecule has 0 radical (unpaired) electrons. The van der Waals surface area contributed by atoms with E-state index in [1.54, 1.807) is 6.07 Å². The van der Waals surface area contributed by atoms with Crippen molar-refractivity contribution in [1.29, 1.82) is 0 Å². The summed E-state index contributed by atoms with van der Waals surface area (Å²) in [5.41, 5.74) is 0.330. The Hall–Kier alpha value is -1.75. The number of thiophene rings is 1. The molecule has 22 heavy (non-hydrogen) atoms. The highest BCUT2D eigenvalue weighted by molar-refractivity contribution is 7.95. The quantitative estimate of drug-likeness (QED) is 0.847. The molecule has 0 saturated heterocycles. The van der Waals surface area contributed by atoms with Crippen LogP contribution in [-0.4, -0.2) is 22.7 Å². The Balaban J connectivity index is 2.47. The molecular formula is C12H12N2O5S3. The maximum Gasteiger partial charge on any atom is 0.247 e. The highest BCUT2D eigenvalue weighted by atomic mass is 32.3. The number of nitrogens with two attached hydrogens (primary N) is 1. The first kappa shape index (κ1) is 16.6. The van der Waals surface area contributed by atoms with E-state index in [0.29, 0.717) is 17.0 Å². The molecule has 0 saturated carbocycles. The van der Waals surface area contributed by atoms with E-state index in [1.807, 2.05) is 0 Å². The smallest absolute Gasteiger partial charge is 0.247 e. The summed E-state index contributed by atoms with van der Waals surface area (Å²) >= 11 is 0.573. The van der Waals surface area contributed by atoms with Crippen LogP contribution < -0.4 is 10.5 Å². The molecule has 2 aromatic rings. The Labute approximate surface area is 131 Å². The van der Waals surface area contributed by atoms with Crippen LogP contribution >= 0.6 is 11.3 Å². The lowest BCUT2D eigenvalue weighted by atomic mass is 10.3. The van der Waals surface area contributed by atoms with E-state index in [-0.39, 0.29) is 19.2 Å². The minimum atomic E-state index is -3.95. The first-order valence-corrected chi connectivity index (χ1v) is 9.71. The Morgan fingerprint density at radius 2 is 1.73 bits per heavy atom. The molecule has 0 atom stereocenters. The summed E-state index contributed by atoms with van der Waals surface area (Å²) in [6, 6.07) is 8.01. The van der Waals surface area contributed by atoms with Crippen LogP contribution in [0.1, 0.15) is 6.92 Å². The molecule has 10 heteroatoms. The van der Waals surface area contributed by atoms with Crippen molar-refractivity contribution in [3.05, 3.63) is 36.4 Å². The van der Waals surface area contributed by atoms with Gasteiger partial charge < -0.3 is 5.32 Å². The third-order valence-electron chi connectivity index (χ3n) is 2.57. The fourth-order valence-corrected chi connectivity index (χ4v) is 5.30. The Kier molecular flexibility index (Phi) is 4.38. The molecule has 7 nitrogen and oxygen atoms in total. The number of hydrogen-bond donors (Lipinski definition) is 2. The van der Waals surface area contributed by atoms with Gasteiger partial charge in [-0.3, -0.25) is 4.79 Å². The lowest BCUT2D eigenvalue weighted by Crippen LogP contribution is -2.10. The number of carbonyl (C=O) groups excluding carboxylic acids is 1. The van der Waals surface area contributed by atoms with Gasteiger partial charge in [0.15, 0.2) is 0 Å². The number of amides is 1. The molecule has 0 spiro atoms. The fraction of sp³-hybridized carbons (Fsp3) is 0.0833. The number of sulfone groups is 1. The molecule has 3 N–H and O–H groups in total. The van der Waals surface area contributed by atoms with Gasteiger partial charge in [0.05, 0.1) is 4.90 Å². The van der Waals surface area contributed by atoms with Gasteiger partial charge in [-0.2, -0.15) is 0 Å². The summed E-state index contributed by atoms with van der Waals surface area (Å²) in [5, 5.41) is 7.45. The number of anilines is 1. The van der Waals surface area contributed by atoms with Crippen molar-refractivity contribution in [2.24, 2.45) is 5.14 Å². The summed E-state index contributed by atoms with van der Waals surface area (Å²) in [7, 11) is -7.84. The van der Waals surface area contributed by atoms with Gasteiger partial charge in [-0.1, -0.05) is 6.07 Å². The van der Waals surface area contributed by atoms with Crippen LogP contribution in [0.4, 0.5) is 5.69 Å². The summed E-state index contributed by atoms with van der Waals surface area (Å²) in [6.45, 7) is 1.30. The predicted octanol–water partition coefficient (Wildman–Crippen LogP) is 1.19. The van der Waals surface area contributed by atoms with Gasteiger partial charge in [-0.05, 0) is 30.3 Å². The lowest BCUT2D eigenvalue weighted by Gasteiger charge is -2.05. The maximum atomic E-state index is 12.5. The van der Waals surface area contributed by atoms with E-state index in [0.717, 1.165) is 6.07 Å². The number of carbonyl (C=O) groups is 1. The van der Waals surface area contributed by atoms with Gasteiger partial charge in [0.2, 0.25) is 25.8 Å². The van der Waals surface area contributed by atoms with Crippen molar-refractivity contribution < 1.29 is 21.6 Å². The fourth-order valence-electron chi connectivity index (χ4n) is 1.66. The topological polar surface area (TPSA) is 123 Å². The third-order valence-corrected chi connectivity index (χ3v) is 7.33. The largest absolute Gasteiger partial charge is 0.326 e. The summed E-state index contributed by atoms with van der Waals surface area (Å²) < 4.78 is 47.0. The second-order valence-corrected chi connectivity index (χ2v) is 9.38. The van der Waals surface area contributed by atoms with Crippen molar-refractivity contribution in [3.8, 4) is 0 Å². The van der Waals surface area contributed by atoms with E-state index < -0.39 is 19.9 Å². The zero-order valence-corrected chi connectivity index (χ0v) is 13.8. The normalized spacial score (nSPS) is 12.1. The van der Waals surface area contributed by atoms with E-state index in [4.69, 9.17) is 5.14 Å². The van der Waals surface area contributed by atoms with Gasteiger partial charge in [-0.25, -0.2) is 22.0 Å². The molecule has 1 aromatic carbocycles. The summed E-state index contributed by atoms with van der Waals surface area (Å²) in [5.74, 6) is -0.331. The lowest BCUT2D eigenvalue weighted by molar-refractivity contribution is -0.114. The van der Waals surface area contributed by atoms with E-state index in [1.165, 1.54) is 31.2 Å². The molecule has 0 fully saturated rings. The van der Waals surface area contributed by atoms with Gasteiger partial charge in [0.25, 0.3) is 0 Å². The predicted molar refractivity (Wildman–Crippen MR) is 81.9 cm³/mol. The standard InChI is InChI=1S/C12H12N2O5S3/c1-8(15)14-9-3-2-4-10(7-9)21(16,17)11-5-6-12(20-11)22(13,18)19/h2-7H,1H3,(H,14,15)(H2,13,18,19). The molecular weight excluding hydrogens is 348 g/mol. The average molecular weight is 360 g/mol. The average Bonchev–Trinajstić information content (AvgIpc) is 2.88. The monoisotopic (exact) mass is 360 g/mol. The molecule has 0 aliphatic carbocycles. The number of rotatable bonds is 4. The summed E-state index contributed by atoms with van der Waals surface area (Å²) in [6.07, 6.45) is 0. The second kappa shape index (κ2) is 5.80. The Morgan fingerprint density at radius 1 is 1.09 bits per heavy atom. The molecule has 0 aliphatic heterocycles. The maximum absolute atomic E-state index is 12.5. The molecule has 118 valence electrons. The third kappa shape index (κ3) is 3.53.